The van der Waals surface area contributed by atoms with Crippen LogP contribution in [0.1, 0.15) is 9.67 Å². The third kappa shape index (κ3) is 3.48. The summed E-state index contributed by atoms with van der Waals surface area (Å²) in [6.07, 6.45) is 5.27. The van der Waals surface area contributed by atoms with Gasteiger partial charge in [0.25, 0.3) is 5.91 Å². The number of thiophene rings is 1. The van der Waals surface area contributed by atoms with E-state index in [1.54, 1.807) is 18.7 Å². The highest BCUT2D eigenvalue weighted by molar-refractivity contribution is 7.16. The molecule has 5 rings (SSSR count). The number of carbonyl (C=O) groups is 1. The van der Waals surface area contributed by atoms with Gasteiger partial charge < -0.3 is 15.5 Å². The summed E-state index contributed by atoms with van der Waals surface area (Å²) in [5.74, 6) is -0.130. The van der Waals surface area contributed by atoms with Crippen LogP contribution < -0.4 is 15.5 Å². The monoisotopic (exact) mass is 404 g/mol. The van der Waals surface area contributed by atoms with E-state index < -0.39 is 0 Å². The number of hydrogen-bond acceptors (Lipinski definition) is 6. The zero-order valence-electron chi connectivity index (χ0n) is 15.7. The second-order valence-corrected chi connectivity index (χ2v) is 7.89. The number of pyridine rings is 1. The molecular formula is C21H20N6OS. The van der Waals surface area contributed by atoms with E-state index in [1.165, 1.54) is 11.3 Å². The molecule has 8 heteroatoms. The van der Waals surface area contributed by atoms with E-state index in [2.05, 4.69) is 25.5 Å². The molecule has 0 radical (unpaired) electrons. The number of aromatic nitrogens is 3. The van der Waals surface area contributed by atoms with Crippen LogP contribution in [0.3, 0.4) is 0 Å². The highest BCUT2D eigenvalue weighted by Crippen LogP contribution is 2.28. The van der Waals surface area contributed by atoms with E-state index in [9.17, 15) is 4.79 Å². The number of nitrogens with zero attached hydrogens (tertiary/aromatic N) is 4. The van der Waals surface area contributed by atoms with Gasteiger partial charge in [-0.2, -0.15) is 0 Å². The number of carbonyl (C=O) groups excluding carboxylic acids is 1. The summed E-state index contributed by atoms with van der Waals surface area (Å²) in [5, 5.41) is 7.35. The SMILES string of the molecule is O=C(Nc1cnccc1N1CCNCC1)c1ccc(-n2cnc3ccccc32)s1. The minimum Gasteiger partial charge on any atom is -0.367 e. The van der Waals surface area contributed by atoms with E-state index >= 15 is 0 Å². The van der Waals surface area contributed by atoms with E-state index in [0.717, 1.165) is 53.6 Å². The van der Waals surface area contributed by atoms with Crippen molar-refractivity contribution in [3.63, 3.8) is 0 Å². The molecule has 1 saturated heterocycles. The molecule has 4 heterocycles. The van der Waals surface area contributed by atoms with Gasteiger partial charge in [-0.3, -0.25) is 14.3 Å². The fourth-order valence-corrected chi connectivity index (χ4v) is 4.45. The predicted molar refractivity (Wildman–Crippen MR) is 116 cm³/mol. The van der Waals surface area contributed by atoms with E-state index in [4.69, 9.17) is 0 Å². The van der Waals surface area contributed by atoms with E-state index in [1.807, 2.05) is 47.0 Å². The smallest absolute Gasteiger partial charge is 0.265 e. The Kier molecular flexibility index (Phi) is 4.71. The van der Waals surface area contributed by atoms with Crippen molar-refractivity contribution in [3.8, 4) is 5.00 Å². The van der Waals surface area contributed by atoms with E-state index in [0.29, 0.717) is 4.88 Å². The number of rotatable bonds is 4. The van der Waals surface area contributed by atoms with Crippen LogP contribution in [0.25, 0.3) is 16.0 Å². The van der Waals surface area contributed by atoms with Crippen molar-refractivity contribution in [1.29, 1.82) is 0 Å². The van der Waals surface area contributed by atoms with Gasteiger partial charge in [-0.15, -0.1) is 11.3 Å². The van der Waals surface area contributed by atoms with Crippen molar-refractivity contribution in [2.45, 2.75) is 0 Å². The lowest BCUT2D eigenvalue weighted by atomic mass is 10.2. The minimum absolute atomic E-state index is 0.130. The molecule has 0 spiro atoms. The van der Waals surface area contributed by atoms with Crippen LogP contribution in [0.15, 0.2) is 61.2 Å². The fraction of sp³-hybridized carbons (Fsp3) is 0.190. The number of para-hydroxylation sites is 2. The molecule has 146 valence electrons. The average Bonchev–Trinajstić information content (AvgIpc) is 3.42. The van der Waals surface area contributed by atoms with Crippen molar-refractivity contribution in [3.05, 3.63) is 66.1 Å². The van der Waals surface area contributed by atoms with Gasteiger partial charge in [0.15, 0.2) is 0 Å². The number of amides is 1. The molecule has 1 amide bonds. The topological polar surface area (TPSA) is 75.1 Å². The van der Waals surface area contributed by atoms with Crippen molar-refractivity contribution in [2.24, 2.45) is 0 Å². The second kappa shape index (κ2) is 7.65. The van der Waals surface area contributed by atoms with Gasteiger partial charge in [0.05, 0.1) is 33.5 Å². The summed E-state index contributed by atoms with van der Waals surface area (Å²) in [6, 6.07) is 13.7. The molecule has 0 bridgehead atoms. The van der Waals surface area contributed by atoms with Crippen molar-refractivity contribution in [1.82, 2.24) is 19.9 Å². The number of benzene rings is 1. The number of nitrogens with one attached hydrogen (secondary N) is 2. The number of hydrogen-bond donors (Lipinski definition) is 2. The summed E-state index contributed by atoms with van der Waals surface area (Å²) in [6.45, 7) is 3.68. The lowest BCUT2D eigenvalue weighted by Crippen LogP contribution is -2.43. The molecule has 4 aromatic rings. The number of anilines is 2. The molecule has 7 nitrogen and oxygen atoms in total. The maximum Gasteiger partial charge on any atom is 0.265 e. The van der Waals surface area contributed by atoms with Gasteiger partial charge in [-0.25, -0.2) is 4.98 Å². The molecule has 0 unspecified atom stereocenters. The Hall–Kier alpha value is -3.23. The molecule has 0 atom stereocenters. The second-order valence-electron chi connectivity index (χ2n) is 6.83. The summed E-state index contributed by atoms with van der Waals surface area (Å²) >= 11 is 1.44. The Morgan fingerprint density at radius 1 is 1.10 bits per heavy atom. The fourth-order valence-electron chi connectivity index (χ4n) is 3.56. The van der Waals surface area contributed by atoms with Crippen molar-refractivity contribution < 1.29 is 4.79 Å². The highest BCUT2D eigenvalue weighted by atomic mass is 32.1. The average molecular weight is 404 g/mol. The number of fused-ring (bicyclic) bond motifs is 1. The zero-order chi connectivity index (χ0) is 19.6. The maximum absolute atomic E-state index is 12.9. The van der Waals surface area contributed by atoms with Crippen LogP contribution in [-0.2, 0) is 0 Å². The predicted octanol–water partition coefficient (Wildman–Crippen LogP) is 3.14. The summed E-state index contributed by atoms with van der Waals surface area (Å²) < 4.78 is 2.01. The van der Waals surface area contributed by atoms with Gasteiger partial charge in [0.2, 0.25) is 0 Å². The zero-order valence-corrected chi connectivity index (χ0v) is 16.5. The highest BCUT2D eigenvalue weighted by Gasteiger charge is 2.17. The van der Waals surface area contributed by atoms with E-state index in [-0.39, 0.29) is 5.91 Å². The van der Waals surface area contributed by atoms with Crippen LogP contribution in [0, 0.1) is 0 Å². The number of piperazine rings is 1. The standard InChI is InChI=1S/C21H20N6OS/c28-21(25-16-13-23-8-7-17(16)26-11-9-22-10-12-26)19-5-6-20(29-19)27-14-24-15-3-1-2-4-18(15)27/h1-8,13-14,22H,9-12H2,(H,25,28). The van der Waals surface area contributed by atoms with Gasteiger partial charge in [-0.1, -0.05) is 12.1 Å². The molecular weight excluding hydrogens is 384 g/mol. The third-order valence-corrected chi connectivity index (χ3v) is 6.09. The van der Waals surface area contributed by atoms with Crippen molar-refractivity contribution >= 4 is 39.7 Å². The summed E-state index contributed by atoms with van der Waals surface area (Å²) in [7, 11) is 0. The van der Waals surface area contributed by atoms with Crippen LogP contribution >= 0.6 is 11.3 Å². The lowest BCUT2D eigenvalue weighted by Gasteiger charge is -2.30. The molecule has 29 heavy (non-hydrogen) atoms. The van der Waals surface area contributed by atoms with Crippen LogP contribution in [-0.4, -0.2) is 46.6 Å². The molecule has 1 fully saturated rings. The van der Waals surface area contributed by atoms with Gasteiger partial charge >= 0.3 is 0 Å². The Labute approximate surface area is 172 Å². The third-order valence-electron chi connectivity index (χ3n) is 5.01. The summed E-state index contributed by atoms with van der Waals surface area (Å²) in [5.41, 5.74) is 3.70. The first-order valence-corrected chi connectivity index (χ1v) is 10.3. The Bertz CT molecular complexity index is 1160. The molecule has 1 aliphatic rings. The van der Waals surface area contributed by atoms with Gasteiger partial charge in [-0.05, 0) is 30.3 Å². The molecule has 0 aliphatic carbocycles. The Morgan fingerprint density at radius 3 is 2.86 bits per heavy atom. The largest absolute Gasteiger partial charge is 0.367 e. The Morgan fingerprint density at radius 2 is 1.97 bits per heavy atom. The quantitative estimate of drug-likeness (QED) is 0.547. The molecule has 1 aromatic carbocycles. The van der Waals surface area contributed by atoms with Gasteiger partial charge in [0, 0.05) is 32.4 Å². The van der Waals surface area contributed by atoms with Crippen LogP contribution in [0.5, 0.6) is 0 Å². The lowest BCUT2D eigenvalue weighted by molar-refractivity contribution is 0.103. The minimum atomic E-state index is -0.130. The van der Waals surface area contributed by atoms with Crippen LogP contribution in [0.2, 0.25) is 0 Å². The first-order valence-electron chi connectivity index (χ1n) is 9.53. The molecule has 0 saturated carbocycles. The molecule has 2 N–H and O–H groups in total. The molecule has 3 aromatic heterocycles. The molecule has 1 aliphatic heterocycles. The summed E-state index contributed by atoms with van der Waals surface area (Å²) in [4.78, 5) is 24.5. The Balaban J connectivity index is 1.39. The first-order chi connectivity index (χ1) is 14.3. The van der Waals surface area contributed by atoms with Crippen LogP contribution in [0.4, 0.5) is 11.4 Å². The number of imidazole rings is 1. The van der Waals surface area contributed by atoms with Crippen molar-refractivity contribution in [2.75, 3.05) is 36.4 Å². The van der Waals surface area contributed by atoms with Gasteiger partial charge in [0.1, 0.15) is 11.3 Å². The normalized spacial score (nSPS) is 14.3. The first kappa shape index (κ1) is 17.8. The maximum atomic E-state index is 12.9.